The van der Waals surface area contributed by atoms with E-state index in [0.717, 1.165) is 19.3 Å². The Kier molecular flexibility index (Phi) is 10.6. The van der Waals surface area contributed by atoms with Gasteiger partial charge in [-0.25, -0.2) is 4.79 Å². The Morgan fingerprint density at radius 1 is 0.783 bits per heavy atom. The van der Waals surface area contributed by atoms with Gasteiger partial charge < -0.3 is 37.0 Å². The molecule has 258 valence electrons. The lowest BCUT2D eigenvalue weighted by Crippen LogP contribution is -2.67. The molecule has 7 atom stereocenters. The summed E-state index contributed by atoms with van der Waals surface area (Å²) in [5.41, 5.74) is 0.732. The lowest BCUT2D eigenvalue weighted by molar-refractivity contribution is -0.215. The van der Waals surface area contributed by atoms with Gasteiger partial charge >= 0.3 is 29.1 Å². The van der Waals surface area contributed by atoms with Crippen LogP contribution in [0.5, 0.6) is 0 Å². The third-order valence-corrected chi connectivity index (χ3v) is 20.6. The van der Waals surface area contributed by atoms with Crippen molar-refractivity contribution in [2.24, 2.45) is 0 Å². The molecule has 1 aromatic carbocycles. The number of ether oxygens (including phenoxy) is 4. The summed E-state index contributed by atoms with van der Waals surface area (Å²) >= 11 is 0. The van der Waals surface area contributed by atoms with Crippen LogP contribution in [-0.4, -0.2) is 76.6 Å². The molecule has 0 amide bonds. The van der Waals surface area contributed by atoms with Gasteiger partial charge in [-0.2, -0.15) is 0 Å². The second-order valence-corrected chi connectivity index (χ2v) is 23.5. The summed E-state index contributed by atoms with van der Waals surface area (Å²) in [6.07, 6.45) is -2.53. The SMILES string of the molecule is CC(=O)O[C@H](C(=O)O[C@H]1[C@H](O)[C@H]2O[Si](C(C)C)(C(C)C)O[Si](C(C)C)(C(C)C)O[C@@H]2[C@@H]2OC3(CCCCC3)O[C@@H]21)c1ccccc1. The molecule has 46 heavy (non-hydrogen) atoms. The average Bonchev–Trinajstić information content (AvgIpc) is 3.25. The Morgan fingerprint density at radius 2 is 1.30 bits per heavy atom. The van der Waals surface area contributed by atoms with Crippen molar-refractivity contribution in [3.63, 3.8) is 0 Å². The van der Waals surface area contributed by atoms with Crippen LogP contribution in [0.1, 0.15) is 106 Å². The topological polar surface area (TPSA) is 119 Å². The van der Waals surface area contributed by atoms with Crippen molar-refractivity contribution >= 4 is 29.1 Å². The normalized spacial score (nSPS) is 32.2. The molecular formula is C34H54O10Si2. The first-order chi connectivity index (χ1) is 21.7. The molecule has 5 rings (SSSR count). The predicted molar refractivity (Wildman–Crippen MR) is 175 cm³/mol. The van der Waals surface area contributed by atoms with E-state index in [9.17, 15) is 14.7 Å². The van der Waals surface area contributed by atoms with Crippen LogP contribution in [0, 0.1) is 0 Å². The highest BCUT2D eigenvalue weighted by Gasteiger charge is 2.69. The van der Waals surface area contributed by atoms with E-state index in [-0.39, 0.29) is 22.2 Å². The van der Waals surface area contributed by atoms with Crippen molar-refractivity contribution in [2.75, 3.05) is 0 Å². The minimum absolute atomic E-state index is 0.0435. The van der Waals surface area contributed by atoms with Gasteiger partial charge in [0.25, 0.3) is 0 Å². The smallest absolute Gasteiger partial charge is 0.352 e. The summed E-state index contributed by atoms with van der Waals surface area (Å²) in [6.45, 7) is 18.4. The summed E-state index contributed by atoms with van der Waals surface area (Å²) in [5, 5.41) is 12.3. The van der Waals surface area contributed by atoms with E-state index in [1.165, 1.54) is 6.92 Å². The second kappa shape index (κ2) is 13.7. The van der Waals surface area contributed by atoms with Crippen LogP contribution >= 0.6 is 0 Å². The molecule has 2 saturated carbocycles. The van der Waals surface area contributed by atoms with Crippen molar-refractivity contribution in [1.82, 2.24) is 0 Å². The molecule has 0 radical (unpaired) electrons. The standard InChI is InChI=1S/C34H54O10Si2/c1-20(2)45(21(3)4)42-29-26(36)28(39-33(37)27(38-24(9)35)25-16-12-10-13-17-25)30-31(41-34(40-30)18-14-11-15-19-34)32(29)43-46(44-45,22(5)6)23(7)8/h10,12-13,16-17,20-23,26-32,36H,11,14-15,18-19H2,1-9H3/t26-,27-,28-,29+,30+,31+,32-/m0/s1. The van der Waals surface area contributed by atoms with Gasteiger partial charge in [0, 0.05) is 25.3 Å². The fraction of sp³-hybridized carbons (Fsp3) is 0.765. The molecule has 1 aromatic rings. The van der Waals surface area contributed by atoms with Gasteiger partial charge in [-0.05, 0) is 35.0 Å². The molecule has 4 aliphatic rings. The molecule has 12 heteroatoms. The van der Waals surface area contributed by atoms with Crippen LogP contribution in [0.3, 0.4) is 0 Å². The molecular weight excluding hydrogens is 625 g/mol. The van der Waals surface area contributed by atoms with Crippen LogP contribution in [-0.2, 0) is 41.5 Å². The molecule has 0 bridgehead atoms. The summed E-state index contributed by atoms with van der Waals surface area (Å²) in [7, 11) is -6.10. The maximum absolute atomic E-state index is 13.9. The van der Waals surface area contributed by atoms with Crippen LogP contribution < -0.4 is 0 Å². The molecule has 2 heterocycles. The first-order valence-electron chi connectivity index (χ1n) is 17.2. The van der Waals surface area contributed by atoms with E-state index in [1.54, 1.807) is 24.3 Å². The molecule has 4 fully saturated rings. The highest BCUT2D eigenvalue weighted by Crippen LogP contribution is 2.53. The second-order valence-electron chi connectivity index (χ2n) is 14.8. The van der Waals surface area contributed by atoms with Crippen molar-refractivity contribution in [1.29, 1.82) is 0 Å². The number of rotatable bonds is 8. The van der Waals surface area contributed by atoms with E-state index in [0.29, 0.717) is 18.4 Å². The van der Waals surface area contributed by atoms with Crippen LogP contribution in [0.2, 0.25) is 22.2 Å². The quantitative estimate of drug-likeness (QED) is 0.246. The number of carbonyl (C=O) groups is 2. The lowest BCUT2D eigenvalue weighted by Gasteiger charge is -2.46. The molecule has 10 nitrogen and oxygen atoms in total. The molecule has 2 saturated heterocycles. The number of aliphatic hydroxyl groups is 1. The Labute approximate surface area is 276 Å². The van der Waals surface area contributed by atoms with Gasteiger partial charge in [0.15, 0.2) is 11.9 Å². The molecule has 2 aliphatic heterocycles. The number of esters is 2. The number of hydrogen-bond donors (Lipinski definition) is 1. The lowest BCUT2D eigenvalue weighted by atomic mass is 9.85. The van der Waals surface area contributed by atoms with Crippen LogP contribution in [0.4, 0.5) is 0 Å². The van der Waals surface area contributed by atoms with Crippen LogP contribution in [0.25, 0.3) is 0 Å². The van der Waals surface area contributed by atoms with Crippen molar-refractivity contribution < 1.29 is 46.6 Å². The first kappa shape index (κ1) is 35.7. The minimum Gasteiger partial charge on any atom is -0.454 e. The van der Waals surface area contributed by atoms with Gasteiger partial charge in [0.1, 0.15) is 30.5 Å². The molecule has 0 aromatic heterocycles. The highest BCUT2D eigenvalue weighted by molar-refractivity contribution is 6.84. The summed E-state index contributed by atoms with van der Waals surface area (Å²) in [5.74, 6) is -2.30. The zero-order valence-electron chi connectivity index (χ0n) is 28.9. The molecule has 1 spiro atoms. The summed E-state index contributed by atoms with van der Waals surface area (Å²) in [6, 6.07) is 8.72. The van der Waals surface area contributed by atoms with E-state index in [4.69, 9.17) is 31.9 Å². The summed E-state index contributed by atoms with van der Waals surface area (Å²) < 4.78 is 47.1. The Balaban J connectivity index is 1.60. The van der Waals surface area contributed by atoms with Crippen LogP contribution in [0.15, 0.2) is 30.3 Å². The Morgan fingerprint density at radius 3 is 1.83 bits per heavy atom. The fourth-order valence-corrected chi connectivity index (χ4v) is 19.3. The largest absolute Gasteiger partial charge is 0.454 e. The van der Waals surface area contributed by atoms with Crippen molar-refractivity contribution in [3.05, 3.63) is 35.9 Å². The molecule has 1 N–H and O–H groups in total. The predicted octanol–water partition coefficient (Wildman–Crippen LogP) is 6.35. The summed E-state index contributed by atoms with van der Waals surface area (Å²) in [4.78, 5) is 26.0. The Hall–Kier alpha value is -1.65. The zero-order valence-corrected chi connectivity index (χ0v) is 30.9. The minimum atomic E-state index is -3.09. The van der Waals surface area contributed by atoms with Gasteiger partial charge in [-0.3, -0.25) is 4.79 Å². The van der Waals surface area contributed by atoms with Crippen molar-refractivity contribution in [3.8, 4) is 0 Å². The zero-order chi connectivity index (χ0) is 33.6. The van der Waals surface area contributed by atoms with E-state index in [2.05, 4.69) is 55.4 Å². The molecule has 2 aliphatic carbocycles. The number of fused-ring (bicyclic) bond motifs is 3. The molecule has 0 unspecified atom stereocenters. The van der Waals surface area contributed by atoms with Gasteiger partial charge in [0.05, 0.1) is 0 Å². The average molecular weight is 679 g/mol. The number of aliphatic hydroxyl groups excluding tert-OH is 1. The van der Waals surface area contributed by atoms with Crippen molar-refractivity contribution in [2.45, 2.75) is 165 Å². The van der Waals surface area contributed by atoms with Gasteiger partial charge in [-0.15, -0.1) is 0 Å². The maximum atomic E-state index is 13.9. The van der Waals surface area contributed by atoms with Gasteiger partial charge in [0.2, 0.25) is 6.10 Å². The number of hydrogen-bond acceptors (Lipinski definition) is 10. The first-order valence-corrected chi connectivity index (χ1v) is 21.1. The number of benzene rings is 1. The van der Waals surface area contributed by atoms with E-state index >= 15 is 0 Å². The maximum Gasteiger partial charge on any atom is 0.352 e. The third kappa shape index (κ3) is 6.40. The van der Waals surface area contributed by atoms with E-state index in [1.807, 2.05) is 6.07 Å². The highest BCUT2D eigenvalue weighted by atomic mass is 28.5. The monoisotopic (exact) mass is 678 g/mol. The fourth-order valence-electron chi connectivity index (χ4n) is 7.98. The number of carbonyl (C=O) groups excluding carboxylic acids is 2. The third-order valence-electron chi connectivity index (χ3n) is 10.3. The Bertz CT molecular complexity index is 1200. The van der Waals surface area contributed by atoms with Gasteiger partial charge in [-0.1, -0.05) is 92.1 Å². The van der Waals surface area contributed by atoms with E-state index < -0.39 is 77.6 Å².